The van der Waals surface area contributed by atoms with Crippen molar-refractivity contribution in [1.82, 2.24) is 0 Å². The number of para-hydroxylation sites is 1. The van der Waals surface area contributed by atoms with Crippen molar-refractivity contribution in [3.8, 4) is 5.75 Å². The second-order valence-corrected chi connectivity index (χ2v) is 8.81. The van der Waals surface area contributed by atoms with E-state index in [2.05, 4.69) is 15.9 Å². The topological polar surface area (TPSA) is 59.1 Å². The van der Waals surface area contributed by atoms with E-state index in [4.69, 9.17) is 9.57 Å². The quantitative estimate of drug-likeness (QED) is 0.488. The van der Waals surface area contributed by atoms with Gasteiger partial charge in [-0.15, -0.1) is 0 Å². The third-order valence-electron chi connectivity index (χ3n) is 5.93. The zero-order chi connectivity index (χ0) is 22.4. The van der Waals surface area contributed by atoms with E-state index >= 15 is 0 Å². The maximum Gasteiger partial charge on any atom is 0.266 e. The zero-order valence-electron chi connectivity index (χ0n) is 17.6. The number of rotatable bonds is 4. The van der Waals surface area contributed by atoms with Crippen molar-refractivity contribution in [2.75, 3.05) is 17.1 Å². The maximum absolute atomic E-state index is 13.7. The molecule has 0 aromatic heterocycles. The first-order valence-electron chi connectivity index (χ1n) is 10.3. The first-order valence-corrected chi connectivity index (χ1v) is 11.1. The minimum atomic E-state index is -0.919. The minimum absolute atomic E-state index is 0.283. The first-order chi connectivity index (χ1) is 15.5. The molecule has 0 aliphatic carbocycles. The summed E-state index contributed by atoms with van der Waals surface area (Å²) in [6, 6.07) is 21.9. The average Bonchev–Trinajstić information content (AvgIpc) is 3.31. The van der Waals surface area contributed by atoms with Gasteiger partial charge in [-0.3, -0.25) is 14.4 Å². The molecule has 0 saturated carbocycles. The number of carbonyl (C=O) groups excluding carboxylic acids is 2. The standard InChI is InChI=1S/C25H21BrN2O4/c1-15-8-11-17(12-9-15)27-24(29)21-22(19-14-16(26)10-13-20(19)31-2)28(32-23(21)25(27)30)18-6-4-3-5-7-18/h3-14,21-23H,1-2H3/t21-,22+,23-/m1/s1. The first kappa shape index (κ1) is 20.7. The lowest BCUT2D eigenvalue weighted by Crippen LogP contribution is -2.37. The van der Waals surface area contributed by atoms with Crippen molar-refractivity contribution in [3.63, 3.8) is 0 Å². The van der Waals surface area contributed by atoms with Gasteiger partial charge < -0.3 is 4.74 Å². The number of aryl methyl sites for hydroxylation is 1. The van der Waals surface area contributed by atoms with Crippen molar-refractivity contribution in [3.05, 3.63) is 88.4 Å². The molecule has 0 spiro atoms. The number of methoxy groups -OCH3 is 1. The molecule has 2 fully saturated rings. The van der Waals surface area contributed by atoms with E-state index in [9.17, 15) is 9.59 Å². The van der Waals surface area contributed by atoms with Gasteiger partial charge in [-0.05, 0) is 49.4 Å². The van der Waals surface area contributed by atoms with E-state index in [-0.39, 0.29) is 11.8 Å². The van der Waals surface area contributed by atoms with Crippen LogP contribution < -0.4 is 14.7 Å². The van der Waals surface area contributed by atoms with E-state index in [1.807, 2.05) is 67.6 Å². The molecule has 6 nitrogen and oxygen atoms in total. The average molecular weight is 493 g/mol. The molecule has 7 heteroatoms. The Morgan fingerprint density at radius 3 is 2.31 bits per heavy atom. The van der Waals surface area contributed by atoms with Crippen LogP contribution in [0.25, 0.3) is 0 Å². The molecule has 3 aromatic rings. The van der Waals surface area contributed by atoms with E-state index in [1.165, 1.54) is 4.90 Å². The highest BCUT2D eigenvalue weighted by molar-refractivity contribution is 9.10. The maximum atomic E-state index is 13.7. The van der Waals surface area contributed by atoms with Gasteiger partial charge in [-0.25, -0.2) is 9.96 Å². The zero-order valence-corrected chi connectivity index (χ0v) is 19.2. The van der Waals surface area contributed by atoms with Crippen LogP contribution in [-0.2, 0) is 14.4 Å². The molecule has 0 N–H and O–H groups in total. The van der Waals surface area contributed by atoms with Gasteiger partial charge in [0.15, 0.2) is 6.10 Å². The van der Waals surface area contributed by atoms with Gasteiger partial charge in [-0.2, -0.15) is 0 Å². The molecule has 3 aromatic carbocycles. The van der Waals surface area contributed by atoms with Gasteiger partial charge >= 0.3 is 0 Å². The molecular formula is C25H21BrN2O4. The van der Waals surface area contributed by atoms with E-state index in [0.29, 0.717) is 11.4 Å². The van der Waals surface area contributed by atoms with Gasteiger partial charge in [0.25, 0.3) is 5.91 Å². The van der Waals surface area contributed by atoms with Crippen LogP contribution in [0.4, 0.5) is 11.4 Å². The van der Waals surface area contributed by atoms with Crippen molar-refractivity contribution >= 4 is 39.1 Å². The second kappa shape index (κ2) is 8.07. The van der Waals surface area contributed by atoms with E-state index < -0.39 is 18.1 Å². The molecule has 5 rings (SSSR count). The fraction of sp³-hybridized carbons (Fsp3) is 0.200. The Morgan fingerprint density at radius 1 is 0.906 bits per heavy atom. The number of halogens is 1. The molecule has 2 heterocycles. The summed E-state index contributed by atoms with van der Waals surface area (Å²) in [6.45, 7) is 1.96. The normalized spacial score (nSPS) is 22.4. The number of hydroxylamine groups is 1. The predicted molar refractivity (Wildman–Crippen MR) is 124 cm³/mol. The molecule has 3 atom stereocenters. The van der Waals surface area contributed by atoms with Gasteiger partial charge in [0.05, 0.1) is 24.5 Å². The number of nitrogens with zero attached hydrogens (tertiary/aromatic N) is 2. The summed E-state index contributed by atoms with van der Waals surface area (Å²) in [7, 11) is 1.59. The minimum Gasteiger partial charge on any atom is -0.496 e. The smallest absolute Gasteiger partial charge is 0.266 e. The second-order valence-electron chi connectivity index (χ2n) is 7.89. The van der Waals surface area contributed by atoms with Crippen molar-refractivity contribution in [1.29, 1.82) is 0 Å². The fourth-order valence-electron chi connectivity index (χ4n) is 4.41. The largest absolute Gasteiger partial charge is 0.496 e. The lowest BCUT2D eigenvalue weighted by Gasteiger charge is -2.29. The van der Waals surface area contributed by atoms with E-state index in [1.54, 1.807) is 24.3 Å². The van der Waals surface area contributed by atoms with Crippen LogP contribution in [0.5, 0.6) is 5.75 Å². The summed E-state index contributed by atoms with van der Waals surface area (Å²) >= 11 is 3.53. The summed E-state index contributed by atoms with van der Waals surface area (Å²) in [5.41, 5.74) is 3.13. The molecule has 2 saturated heterocycles. The molecule has 0 unspecified atom stereocenters. The third-order valence-corrected chi connectivity index (χ3v) is 6.42. The summed E-state index contributed by atoms with van der Waals surface area (Å²) in [5.74, 6) is -0.736. The third kappa shape index (κ3) is 3.29. The Morgan fingerprint density at radius 2 is 1.62 bits per heavy atom. The van der Waals surface area contributed by atoms with Crippen LogP contribution >= 0.6 is 15.9 Å². The Balaban J connectivity index is 1.63. The van der Waals surface area contributed by atoms with Gasteiger partial charge in [0.2, 0.25) is 5.91 Å². The Kier molecular flexibility index (Phi) is 5.23. The Labute approximate surface area is 194 Å². The molecule has 0 bridgehead atoms. The Hall–Kier alpha value is -3.16. The molecule has 2 amide bonds. The van der Waals surface area contributed by atoms with Crippen molar-refractivity contribution in [2.24, 2.45) is 5.92 Å². The number of ether oxygens (including phenoxy) is 1. The van der Waals surface area contributed by atoms with E-state index in [0.717, 1.165) is 21.3 Å². The molecule has 32 heavy (non-hydrogen) atoms. The number of hydrogen-bond donors (Lipinski definition) is 0. The van der Waals surface area contributed by atoms with Crippen molar-refractivity contribution < 1.29 is 19.2 Å². The predicted octanol–water partition coefficient (Wildman–Crippen LogP) is 4.82. The van der Waals surface area contributed by atoms with Gasteiger partial charge in [0.1, 0.15) is 11.7 Å². The number of amides is 2. The Bertz CT molecular complexity index is 1180. The number of hydrogen-bond acceptors (Lipinski definition) is 5. The molecule has 162 valence electrons. The number of imide groups is 1. The number of benzene rings is 3. The molecule has 2 aliphatic rings. The van der Waals surface area contributed by atoms with Crippen LogP contribution in [0.15, 0.2) is 77.3 Å². The summed E-state index contributed by atoms with van der Waals surface area (Å²) in [4.78, 5) is 34.5. The number of carbonyl (C=O) groups is 2. The van der Waals surface area contributed by atoms with Gasteiger partial charge in [-0.1, -0.05) is 51.8 Å². The SMILES string of the molecule is COc1ccc(Br)cc1[C@H]1[C@H]2C(=O)N(c3ccc(C)cc3)C(=O)[C@@H]2ON1c1ccccc1. The number of anilines is 2. The highest BCUT2D eigenvalue weighted by atomic mass is 79.9. The van der Waals surface area contributed by atoms with Crippen LogP contribution in [0.3, 0.4) is 0 Å². The van der Waals surface area contributed by atoms with Crippen molar-refractivity contribution in [2.45, 2.75) is 19.1 Å². The van der Waals surface area contributed by atoms with Crippen LogP contribution in [-0.4, -0.2) is 25.0 Å². The van der Waals surface area contributed by atoms with Gasteiger partial charge in [0, 0.05) is 10.0 Å². The lowest BCUT2D eigenvalue weighted by atomic mass is 9.90. The molecule has 2 aliphatic heterocycles. The number of fused-ring (bicyclic) bond motifs is 1. The van der Waals surface area contributed by atoms with Crippen LogP contribution in [0.2, 0.25) is 0 Å². The molecular weight excluding hydrogens is 472 g/mol. The highest BCUT2D eigenvalue weighted by Gasteiger charge is 2.60. The summed E-state index contributed by atoms with van der Waals surface area (Å²) in [6.07, 6.45) is -0.919. The fourth-order valence-corrected chi connectivity index (χ4v) is 4.79. The van der Waals surface area contributed by atoms with Crippen LogP contribution in [0.1, 0.15) is 17.2 Å². The highest BCUT2D eigenvalue weighted by Crippen LogP contribution is 2.49. The lowest BCUT2D eigenvalue weighted by molar-refractivity contribution is -0.126. The summed E-state index contributed by atoms with van der Waals surface area (Å²) in [5, 5.41) is 1.67. The summed E-state index contributed by atoms with van der Waals surface area (Å²) < 4.78 is 6.46. The van der Waals surface area contributed by atoms with Crippen LogP contribution in [0, 0.1) is 12.8 Å². The monoisotopic (exact) mass is 492 g/mol. The molecule has 0 radical (unpaired) electrons.